The van der Waals surface area contributed by atoms with Gasteiger partial charge in [-0.3, -0.25) is 0 Å². The van der Waals surface area contributed by atoms with E-state index in [0.29, 0.717) is 13.1 Å². The summed E-state index contributed by atoms with van der Waals surface area (Å²) in [5.41, 5.74) is 2.92. The smallest absolute Gasteiger partial charge is 0.322 e. The Morgan fingerprint density at radius 3 is 2.37 bits per heavy atom. The van der Waals surface area contributed by atoms with E-state index < -0.39 is 0 Å². The van der Waals surface area contributed by atoms with E-state index in [1.807, 2.05) is 103 Å². The number of nitrogens with one attached hydrogen (secondary N) is 1. The Morgan fingerprint density at radius 1 is 0.926 bits per heavy atom. The van der Waals surface area contributed by atoms with Crippen molar-refractivity contribution < 1.29 is 4.79 Å². The van der Waals surface area contributed by atoms with Crippen LogP contribution in [-0.4, -0.2) is 47.6 Å². The van der Waals surface area contributed by atoms with E-state index in [4.69, 9.17) is 0 Å². The third-order valence-electron chi connectivity index (χ3n) is 4.32. The standard InChI is InChI=1S/C22H26N4O/c1-24(2)15-16-26(18-19-9-4-3-5-10-19)22(27)23-20-11-8-12-21(17-20)25-13-6-7-14-25/h3-14,17H,15-16,18H2,1-2H3,(H,23,27). The van der Waals surface area contributed by atoms with E-state index >= 15 is 0 Å². The maximum absolute atomic E-state index is 12.9. The Morgan fingerprint density at radius 2 is 1.67 bits per heavy atom. The zero-order chi connectivity index (χ0) is 19.1. The Hall–Kier alpha value is -3.05. The van der Waals surface area contributed by atoms with Gasteiger partial charge in [-0.05, 0) is 50.0 Å². The molecule has 27 heavy (non-hydrogen) atoms. The Kier molecular flexibility index (Phi) is 6.28. The van der Waals surface area contributed by atoms with Crippen LogP contribution in [-0.2, 0) is 6.54 Å². The van der Waals surface area contributed by atoms with Gasteiger partial charge in [0.05, 0.1) is 0 Å². The highest BCUT2D eigenvalue weighted by Gasteiger charge is 2.14. The predicted octanol–water partition coefficient (Wildman–Crippen LogP) is 4.07. The van der Waals surface area contributed by atoms with E-state index in [1.54, 1.807) is 0 Å². The van der Waals surface area contributed by atoms with E-state index in [-0.39, 0.29) is 6.03 Å². The molecule has 5 nitrogen and oxygen atoms in total. The molecule has 0 bridgehead atoms. The van der Waals surface area contributed by atoms with Gasteiger partial charge in [0, 0.05) is 43.4 Å². The predicted molar refractivity (Wildman–Crippen MR) is 110 cm³/mol. The van der Waals surface area contributed by atoms with Gasteiger partial charge in [-0.25, -0.2) is 4.79 Å². The fraction of sp³-hybridized carbons (Fsp3) is 0.227. The minimum absolute atomic E-state index is 0.0923. The minimum Gasteiger partial charge on any atom is -0.324 e. The number of hydrogen-bond acceptors (Lipinski definition) is 2. The normalized spacial score (nSPS) is 10.8. The number of aromatic nitrogens is 1. The zero-order valence-electron chi connectivity index (χ0n) is 15.9. The van der Waals surface area contributed by atoms with Crippen LogP contribution < -0.4 is 5.32 Å². The SMILES string of the molecule is CN(C)CCN(Cc1ccccc1)C(=O)Nc1cccc(-n2cccc2)c1. The molecule has 3 rings (SSSR count). The molecule has 0 atom stereocenters. The van der Waals surface area contributed by atoms with Crippen LogP contribution in [0, 0.1) is 0 Å². The molecule has 0 radical (unpaired) electrons. The lowest BCUT2D eigenvalue weighted by molar-refractivity contribution is 0.202. The molecule has 140 valence electrons. The van der Waals surface area contributed by atoms with Crippen LogP contribution in [0.2, 0.25) is 0 Å². The van der Waals surface area contributed by atoms with Crippen LogP contribution in [0.15, 0.2) is 79.1 Å². The summed E-state index contributed by atoms with van der Waals surface area (Å²) in [6.45, 7) is 2.05. The molecule has 2 aromatic carbocycles. The Bertz CT molecular complexity index is 844. The van der Waals surface area contributed by atoms with E-state index in [2.05, 4.69) is 10.2 Å². The van der Waals surface area contributed by atoms with E-state index in [9.17, 15) is 4.79 Å². The fourth-order valence-corrected chi connectivity index (χ4v) is 2.83. The number of nitrogens with zero attached hydrogens (tertiary/aromatic N) is 3. The molecular weight excluding hydrogens is 336 g/mol. The molecule has 0 fully saturated rings. The Labute approximate surface area is 160 Å². The first-order valence-electron chi connectivity index (χ1n) is 9.10. The maximum Gasteiger partial charge on any atom is 0.322 e. The lowest BCUT2D eigenvalue weighted by Crippen LogP contribution is -2.39. The van der Waals surface area contributed by atoms with Crippen molar-refractivity contribution in [2.75, 3.05) is 32.5 Å². The van der Waals surface area contributed by atoms with Gasteiger partial charge in [0.1, 0.15) is 0 Å². The summed E-state index contributed by atoms with van der Waals surface area (Å²) < 4.78 is 2.02. The maximum atomic E-state index is 12.9. The highest BCUT2D eigenvalue weighted by atomic mass is 16.2. The van der Waals surface area contributed by atoms with Crippen LogP contribution in [0.1, 0.15) is 5.56 Å². The van der Waals surface area contributed by atoms with Gasteiger partial charge >= 0.3 is 6.03 Å². The van der Waals surface area contributed by atoms with E-state index in [0.717, 1.165) is 23.5 Å². The van der Waals surface area contributed by atoms with Gasteiger partial charge in [0.2, 0.25) is 0 Å². The molecule has 0 aliphatic heterocycles. The third-order valence-corrected chi connectivity index (χ3v) is 4.32. The van der Waals surface area contributed by atoms with E-state index in [1.165, 1.54) is 0 Å². The van der Waals surface area contributed by atoms with Crippen molar-refractivity contribution >= 4 is 11.7 Å². The van der Waals surface area contributed by atoms with Gasteiger partial charge in [-0.1, -0.05) is 36.4 Å². The van der Waals surface area contributed by atoms with Gasteiger partial charge in [0.25, 0.3) is 0 Å². The summed E-state index contributed by atoms with van der Waals surface area (Å²) in [6, 6.07) is 21.8. The van der Waals surface area contributed by atoms with Gasteiger partial charge in [-0.2, -0.15) is 0 Å². The summed E-state index contributed by atoms with van der Waals surface area (Å²) in [6.07, 6.45) is 3.97. The molecule has 1 N–H and O–H groups in total. The second kappa shape index (κ2) is 9.05. The van der Waals surface area contributed by atoms with Gasteiger partial charge in [0.15, 0.2) is 0 Å². The van der Waals surface area contributed by atoms with Crippen molar-refractivity contribution in [3.05, 3.63) is 84.7 Å². The van der Waals surface area contributed by atoms with Crippen molar-refractivity contribution in [2.45, 2.75) is 6.54 Å². The summed E-state index contributed by atoms with van der Waals surface area (Å²) in [7, 11) is 4.03. The van der Waals surface area contributed by atoms with Crippen LogP contribution in [0.4, 0.5) is 10.5 Å². The molecule has 0 aliphatic rings. The van der Waals surface area contributed by atoms with Crippen molar-refractivity contribution in [1.82, 2.24) is 14.4 Å². The lowest BCUT2D eigenvalue weighted by atomic mass is 10.2. The van der Waals surface area contributed by atoms with Crippen LogP contribution in [0.5, 0.6) is 0 Å². The number of carbonyl (C=O) groups is 1. The molecule has 0 unspecified atom stereocenters. The largest absolute Gasteiger partial charge is 0.324 e. The highest BCUT2D eigenvalue weighted by molar-refractivity contribution is 5.89. The number of amides is 2. The van der Waals surface area contributed by atoms with Crippen molar-refractivity contribution in [3.8, 4) is 5.69 Å². The fourth-order valence-electron chi connectivity index (χ4n) is 2.83. The molecule has 5 heteroatoms. The molecule has 1 heterocycles. The first-order valence-corrected chi connectivity index (χ1v) is 9.10. The molecule has 1 aromatic heterocycles. The summed E-state index contributed by atoms with van der Waals surface area (Å²) in [5, 5.41) is 3.04. The summed E-state index contributed by atoms with van der Waals surface area (Å²) in [4.78, 5) is 16.8. The van der Waals surface area contributed by atoms with Gasteiger partial charge in [-0.15, -0.1) is 0 Å². The molecule has 3 aromatic rings. The molecule has 2 amide bonds. The van der Waals surface area contributed by atoms with Gasteiger partial charge < -0.3 is 19.7 Å². The summed E-state index contributed by atoms with van der Waals surface area (Å²) in [5.74, 6) is 0. The average Bonchev–Trinajstić information content (AvgIpc) is 3.21. The van der Waals surface area contributed by atoms with Crippen LogP contribution in [0.25, 0.3) is 5.69 Å². The number of benzene rings is 2. The number of anilines is 1. The third kappa shape index (κ3) is 5.46. The zero-order valence-corrected chi connectivity index (χ0v) is 15.9. The second-order valence-electron chi connectivity index (χ2n) is 6.78. The first-order chi connectivity index (χ1) is 13.1. The number of hydrogen-bond donors (Lipinski definition) is 1. The topological polar surface area (TPSA) is 40.5 Å². The van der Waals surface area contributed by atoms with Crippen LogP contribution in [0.3, 0.4) is 0 Å². The Balaban J connectivity index is 1.72. The molecular formula is C22H26N4O. The first kappa shape index (κ1) is 18.7. The number of likely N-dealkylation sites (N-methyl/N-ethyl adjacent to an activating group) is 1. The van der Waals surface area contributed by atoms with Crippen molar-refractivity contribution in [2.24, 2.45) is 0 Å². The average molecular weight is 362 g/mol. The number of urea groups is 1. The van der Waals surface area contributed by atoms with Crippen molar-refractivity contribution in [3.63, 3.8) is 0 Å². The monoisotopic (exact) mass is 362 g/mol. The minimum atomic E-state index is -0.0923. The molecule has 0 aliphatic carbocycles. The number of rotatable bonds is 7. The van der Waals surface area contributed by atoms with Crippen molar-refractivity contribution in [1.29, 1.82) is 0 Å². The molecule has 0 spiro atoms. The summed E-state index contributed by atoms with van der Waals surface area (Å²) >= 11 is 0. The molecule has 0 saturated carbocycles. The highest BCUT2D eigenvalue weighted by Crippen LogP contribution is 2.16. The second-order valence-corrected chi connectivity index (χ2v) is 6.78. The van der Waals surface area contributed by atoms with Crippen LogP contribution >= 0.6 is 0 Å². The quantitative estimate of drug-likeness (QED) is 0.688. The number of carbonyl (C=O) groups excluding carboxylic acids is 1. The lowest BCUT2D eigenvalue weighted by Gasteiger charge is -2.25. The molecule has 0 saturated heterocycles.